The van der Waals surface area contributed by atoms with E-state index in [2.05, 4.69) is 0 Å². The molecular formula is C15H16N2O3. The first-order valence-electron chi connectivity index (χ1n) is 6.23. The molecule has 2 aromatic carbocycles. The smallest absolute Gasteiger partial charge is 0.311 e. The van der Waals surface area contributed by atoms with E-state index in [0.717, 1.165) is 16.7 Å². The maximum atomic E-state index is 11.1. The minimum atomic E-state index is -0.440. The number of hydrogen-bond donors (Lipinski definition) is 1. The molecule has 0 unspecified atom stereocenters. The fourth-order valence-electron chi connectivity index (χ4n) is 1.86. The average molecular weight is 272 g/mol. The van der Waals surface area contributed by atoms with Gasteiger partial charge in [0.2, 0.25) is 5.75 Å². The average Bonchev–Trinajstić information content (AvgIpc) is 2.42. The molecule has 0 heterocycles. The molecule has 5 nitrogen and oxygen atoms in total. The Balaban J connectivity index is 2.42. The van der Waals surface area contributed by atoms with Gasteiger partial charge in [-0.25, -0.2) is 0 Å². The molecular weight excluding hydrogens is 256 g/mol. The first-order valence-corrected chi connectivity index (χ1v) is 6.23. The Hall–Kier alpha value is -2.40. The molecule has 0 aromatic heterocycles. The van der Waals surface area contributed by atoms with Crippen LogP contribution in [0.1, 0.15) is 16.7 Å². The molecule has 0 fully saturated rings. The molecule has 2 rings (SSSR count). The van der Waals surface area contributed by atoms with E-state index in [1.807, 2.05) is 19.1 Å². The highest BCUT2D eigenvalue weighted by atomic mass is 16.6. The molecule has 0 radical (unpaired) electrons. The summed E-state index contributed by atoms with van der Waals surface area (Å²) in [6.45, 7) is 4.08. The second kappa shape index (κ2) is 5.71. The van der Waals surface area contributed by atoms with Crippen molar-refractivity contribution in [2.24, 2.45) is 5.73 Å². The number of ether oxygens (including phenoxy) is 1. The van der Waals surface area contributed by atoms with Gasteiger partial charge in [-0.15, -0.1) is 0 Å². The molecule has 0 aliphatic carbocycles. The number of nitro benzene ring substituents is 1. The molecule has 0 atom stereocenters. The molecule has 0 aliphatic rings. The fraction of sp³-hybridized carbons (Fsp3) is 0.200. The van der Waals surface area contributed by atoms with Gasteiger partial charge in [-0.05, 0) is 42.7 Å². The van der Waals surface area contributed by atoms with Crippen LogP contribution in [0.3, 0.4) is 0 Å². The Morgan fingerprint density at radius 1 is 1.15 bits per heavy atom. The Kier molecular flexibility index (Phi) is 4.00. The molecule has 0 bridgehead atoms. The van der Waals surface area contributed by atoms with Gasteiger partial charge >= 0.3 is 5.69 Å². The quantitative estimate of drug-likeness (QED) is 0.682. The van der Waals surface area contributed by atoms with Crippen LogP contribution in [0.2, 0.25) is 0 Å². The van der Waals surface area contributed by atoms with Crippen LogP contribution < -0.4 is 10.5 Å². The van der Waals surface area contributed by atoms with Crippen molar-refractivity contribution in [3.63, 3.8) is 0 Å². The minimum Gasteiger partial charge on any atom is -0.450 e. The summed E-state index contributed by atoms with van der Waals surface area (Å²) in [7, 11) is 0. The van der Waals surface area contributed by atoms with Gasteiger partial charge in [0, 0.05) is 12.6 Å². The molecule has 0 amide bonds. The lowest BCUT2D eigenvalue weighted by Crippen LogP contribution is -1.99. The van der Waals surface area contributed by atoms with Crippen LogP contribution in [0.15, 0.2) is 36.4 Å². The highest BCUT2D eigenvalue weighted by Gasteiger charge is 2.16. The van der Waals surface area contributed by atoms with Gasteiger partial charge < -0.3 is 10.5 Å². The summed E-state index contributed by atoms with van der Waals surface area (Å²) in [5, 5.41) is 11.1. The third-order valence-electron chi connectivity index (χ3n) is 3.02. The Bertz CT molecular complexity index is 654. The largest absolute Gasteiger partial charge is 0.450 e. The first kappa shape index (κ1) is 14.0. The van der Waals surface area contributed by atoms with E-state index < -0.39 is 4.92 Å². The van der Waals surface area contributed by atoms with Crippen molar-refractivity contribution in [3.05, 3.63) is 63.2 Å². The van der Waals surface area contributed by atoms with Crippen LogP contribution in [0.4, 0.5) is 5.69 Å². The van der Waals surface area contributed by atoms with Crippen LogP contribution in [-0.2, 0) is 6.54 Å². The topological polar surface area (TPSA) is 78.4 Å². The zero-order valence-corrected chi connectivity index (χ0v) is 11.4. The molecule has 0 aliphatic heterocycles. The van der Waals surface area contributed by atoms with Gasteiger partial charge in [0.1, 0.15) is 5.75 Å². The maximum Gasteiger partial charge on any atom is 0.311 e. The van der Waals surface area contributed by atoms with Crippen LogP contribution in [0.5, 0.6) is 11.5 Å². The van der Waals surface area contributed by atoms with Crippen molar-refractivity contribution in [1.82, 2.24) is 0 Å². The van der Waals surface area contributed by atoms with E-state index in [1.165, 1.54) is 6.07 Å². The highest BCUT2D eigenvalue weighted by Crippen LogP contribution is 2.33. The van der Waals surface area contributed by atoms with Crippen LogP contribution in [-0.4, -0.2) is 4.92 Å². The molecule has 2 N–H and O–H groups in total. The van der Waals surface area contributed by atoms with Crippen molar-refractivity contribution >= 4 is 5.69 Å². The normalized spacial score (nSPS) is 10.3. The lowest BCUT2D eigenvalue weighted by molar-refractivity contribution is -0.385. The second-order valence-electron chi connectivity index (χ2n) is 4.63. The molecule has 0 saturated heterocycles. The third-order valence-corrected chi connectivity index (χ3v) is 3.02. The maximum absolute atomic E-state index is 11.1. The number of hydrogen-bond acceptors (Lipinski definition) is 4. The lowest BCUT2D eigenvalue weighted by atomic mass is 10.1. The van der Waals surface area contributed by atoms with Crippen LogP contribution >= 0.6 is 0 Å². The van der Waals surface area contributed by atoms with Crippen molar-refractivity contribution in [2.75, 3.05) is 0 Å². The molecule has 0 saturated carbocycles. The van der Waals surface area contributed by atoms with Gasteiger partial charge in [0.05, 0.1) is 4.92 Å². The summed E-state index contributed by atoms with van der Waals surface area (Å²) in [6.07, 6.45) is 0. The number of nitro groups is 1. The summed E-state index contributed by atoms with van der Waals surface area (Å²) in [6, 6.07) is 10.5. The van der Waals surface area contributed by atoms with E-state index in [1.54, 1.807) is 25.1 Å². The first-order chi connectivity index (χ1) is 9.51. The second-order valence-corrected chi connectivity index (χ2v) is 4.63. The Labute approximate surface area is 117 Å². The minimum absolute atomic E-state index is 0.0393. The van der Waals surface area contributed by atoms with Crippen molar-refractivity contribution in [2.45, 2.75) is 20.4 Å². The number of rotatable bonds is 4. The molecule has 20 heavy (non-hydrogen) atoms. The summed E-state index contributed by atoms with van der Waals surface area (Å²) in [4.78, 5) is 10.6. The fourth-order valence-corrected chi connectivity index (χ4v) is 1.86. The van der Waals surface area contributed by atoms with Gasteiger partial charge in [-0.1, -0.05) is 18.2 Å². The Morgan fingerprint density at radius 3 is 2.55 bits per heavy atom. The summed E-state index contributed by atoms with van der Waals surface area (Å²) < 4.78 is 5.70. The van der Waals surface area contributed by atoms with E-state index in [0.29, 0.717) is 12.3 Å². The Morgan fingerprint density at radius 2 is 1.90 bits per heavy atom. The van der Waals surface area contributed by atoms with Crippen LogP contribution in [0.25, 0.3) is 0 Å². The zero-order chi connectivity index (χ0) is 14.7. The van der Waals surface area contributed by atoms with Gasteiger partial charge in [-0.2, -0.15) is 0 Å². The van der Waals surface area contributed by atoms with E-state index in [4.69, 9.17) is 10.5 Å². The number of nitrogens with two attached hydrogens (primary N) is 1. The van der Waals surface area contributed by atoms with E-state index in [-0.39, 0.29) is 11.4 Å². The van der Waals surface area contributed by atoms with Gasteiger partial charge in [-0.3, -0.25) is 10.1 Å². The van der Waals surface area contributed by atoms with Crippen molar-refractivity contribution < 1.29 is 9.66 Å². The third kappa shape index (κ3) is 2.95. The molecule has 5 heteroatoms. The number of aryl methyl sites for hydroxylation is 2. The van der Waals surface area contributed by atoms with E-state index in [9.17, 15) is 10.1 Å². The predicted molar refractivity (Wildman–Crippen MR) is 77.0 cm³/mol. The lowest BCUT2D eigenvalue weighted by Gasteiger charge is -2.10. The summed E-state index contributed by atoms with van der Waals surface area (Å²) in [5.74, 6) is 0.817. The standard InChI is InChI=1S/C15H16N2O3/c1-10-3-6-14(13(7-10)17(18)19)20-15-8-12(9-16)5-4-11(15)2/h3-8H,9,16H2,1-2H3. The summed E-state index contributed by atoms with van der Waals surface area (Å²) >= 11 is 0. The summed E-state index contributed by atoms with van der Waals surface area (Å²) in [5.41, 5.74) is 8.19. The molecule has 0 spiro atoms. The van der Waals surface area contributed by atoms with Crippen molar-refractivity contribution in [1.29, 1.82) is 0 Å². The molecule has 2 aromatic rings. The highest BCUT2D eigenvalue weighted by molar-refractivity contribution is 5.51. The van der Waals surface area contributed by atoms with Crippen molar-refractivity contribution in [3.8, 4) is 11.5 Å². The number of benzene rings is 2. The zero-order valence-electron chi connectivity index (χ0n) is 11.4. The van der Waals surface area contributed by atoms with Gasteiger partial charge in [0.15, 0.2) is 0 Å². The van der Waals surface area contributed by atoms with Gasteiger partial charge in [0.25, 0.3) is 0 Å². The monoisotopic (exact) mass is 272 g/mol. The number of nitrogens with zero attached hydrogens (tertiary/aromatic N) is 1. The predicted octanol–water partition coefficient (Wildman–Crippen LogP) is 3.46. The van der Waals surface area contributed by atoms with Crippen LogP contribution in [0, 0.1) is 24.0 Å². The molecule has 104 valence electrons. The SMILES string of the molecule is Cc1ccc(Oc2cc(CN)ccc2C)c([N+](=O)[O-])c1. The van der Waals surface area contributed by atoms with E-state index >= 15 is 0 Å².